The van der Waals surface area contributed by atoms with E-state index in [-0.39, 0.29) is 5.97 Å². The van der Waals surface area contributed by atoms with Gasteiger partial charge in [-0.05, 0) is 6.07 Å². The van der Waals surface area contributed by atoms with Crippen molar-refractivity contribution in [2.75, 3.05) is 34.3 Å². The van der Waals surface area contributed by atoms with Crippen LogP contribution in [0, 0.1) is 0 Å². The molecule has 0 saturated heterocycles. The molecule has 4 nitrogen and oxygen atoms in total. The Hall–Kier alpha value is -1.39. The van der Waals surface area contributed by atoms with Crippen LogP contribution in [-0.4, -0.2) is 44.7 Å². The lowest BCUT2D eigenvalue weighted by molar-refractivity contribution is -0.871. The fourth-order valence-electron chi connectivity index (χ4n) is 1.67. The number of esters is 1. The monoisotopic (exact) mass is 236 g/mol. The molecule has 0 amide bonds. The second-order valence-electron chi connectivity index (χ2n) is 5.21. The molecule has 1 aromatic rings. The third-order valence-electron chi connectivity index (χ3n) is 2.68. The van der Waals surface area contributed by atoms with Crippen molar-refractivity contribution in [3.8, 4) is 0 Å². The van der Waals surface area contributed by atoms with E-state index in [0.717, 1.165) is 16.6 Å². The largest absolute Gasteiger partial charge is 0.428 e. The van der Waals surface area contributed by atoms with E-state index >= 15 is 0 Å². The number of rotatable bonds is 4. The van der Waals surface area contributed by atoms with Crippen molar-refractivity contribution in [2.45, 2.75) is 6.29 Å². The van der Waals surface area contributed by atoms with E-state index in [1.807, 2.05) is 18.2 Å². The topological polar surface area (TPSA) is 35.5 Å². The van der Waals surface area contributed by atoms with E-state index in [1.165, 1.54) is 0 Å². The Bertz CT molecular complexity index is 423. The Morgan fingerprint density at radius 3 is 2.71 bits per heavy atom. The maximum Gasteiger partial charge on any atom is 0.341 e. The third kappa shape index (κ3) is 2.84. The van der Waals surface area contributed by atoms with Gasteiger partial charge in [0.25, 0.3) is 0 Å². The highest BCUT2D eigenvalue weighted by atomic mass is 16.7. The molecule has 0 saturated carbocycles. The van der Waals surface area contributed by atoms with Gasteiger partial charge in [0.05, 0.1) is 26.7 Å². The highest BCUT2D eigenvalue weighted by Crippen LogP contribution is 2.30. The minimum atomic E-state index is -0.537. The van der Waals surface area contributed by atoms with Crippen LogP contribution in [0.1, 0.15) is 22.2 Å². The van der Waals surface area contributed by atoms with Gasteiger partial charge in [-0.2, -0.15) is 0 Å². The molecule has 1 aliphatic rings. The first-order valence-corrected chi connectivity index (χ1v) is 5.69. The Morgan fingerprint density at radius 1 is 1.29 bits per heavy atom. The van der Waals surface area contributed by atoms with Gasteiger partial charge in [-0.25, -0.2) is 4.79 Å². The third-order valence-corrected chi connectivity index (χ3v) is 2.68. The lowest BCUT2D eigenvalue weighted by Crippen LogP contribution is -2.37. The molecule has 0 aliphatic carbocycles. The summed E-state index contributed by atoms with van der Waals surface area (Å²) in [4.78, 5) is 11.5. The summed E-state index contributed by atoms with van der Waals surface area (Å²) >= 11 is 0. The number of carbonyl (C=O) groups excluding carboxylic acids is 1. The molecule has 1 atom stereocenters. The standard InChI is InChI=1S/C13H18NO3/c1-14(2,3)8-9-16-13-11-7-5-4-6-10(11)12(15)17-13/h4-7,13H,8-9H2,1-3H3/q+1. The first-order chi connectivity index (χ1) is 7.97. The van der Waals surface area contributed by atoms with E-state index in [2.05, 4.69) is 21.1 Å². The highest BCUT2D eigenvalue weighted by Gasteiger charge is 2.31. The van der Waals surface area contributed by atoms with E-state index < -0.39 is 6.29 Å². The van der Waals surface area contributed by atoms with Crippen molar-refractivity contribution in [3.05, 3.63) is 35.4 Å². The Morgan fingerprint density at radius 2 is 2.00 bits per heavy atom. The zero-order valence-electron chi connectivity index (χ0n) is 10.5. The molecule has 1 heterocycles. The van der Waals surface area contributed by atoms with E-state index in [1.54, 1.807) is 6.07 Å². The van der Waals surface area contributed by atoms with Crippen molar-refractivity contribution in [1.82, 2.24) is 0 Å². The van der Waals surface area contributed by atoms with Crippen molar-refractivity contribution in [2.24, 2.45) is 0 Å². The highest BCUT2D eigenvalue weighted by molar-refractivity contribution is 5.93. The number of hydrogen-bond donors (Lipinski definition) is 0. The number of cyclic esters (lactones) is 1. The molecule has 0 radical (unpaired) electrons. The molecule has 4 heteroatoms. The Kier molecular flexibility index (Phi) is 3.17. The van der Waals surface area contributed by atoms with Crippen LogP contribution in [0.3, 0.4) is 0 Å². The van der Waals surface area contributed by atoms with Crippen LogP contribution < -0.4 is 0 Å². The molecule has 0 bridgehead atoms. The fraction of sp³-hybridized carbons (Fsp3) is 0.462. The first-order valence-electron chi connectivity index (χ1n) is 5.69. The molecule has 2 rings (SSSR count). The molecule has 1 aromatic carbocycles. The van der Waals surface area contributed by atoms with Crippen LogP contribution in [0.25, 0.3) is 0 Å². The molecular formula is C13H18NO3+. The summed E-state index contributed by atoms with van der Waals surface area (Å²) in [6.45, 7) is 1.44. The molecule has 1 unspecified atom stereocenters. The SMILES string of the molecule is C[N+](C)(C)CCOC1OC(=O)c2ccccc21. The molecule has 0 spiro atoms. The normalized spacial score (nSPS) is 19.0. The number of nitrogens with zero attached hydrogens (tertiary/aromatic N) is 1. The van der Waals surface area contributed by atoms with Gasteiger partial charge in [0.2, 0.25) is 6.29 Å². The number of ether oxygens (including phenoxy) is 2. The molecule has 92 valence electrons. The van der Waals surface area contributed by atoms with E-state index in [4.69, 9.17) is 9.47 Å². The number of likely N-dealkylation sites (N-methyl/N-ethyl adjacent to an activating group) is 1. The minimum absolute atomic E-state index is 0.296. The van der Waals surface area contributed by atoms with Crippen LogP contribution in [-0.2, 0) is 9.47 Å². The predicted octanol–water partition coefficient (Wildman–Crippen LogP) is 1.58. The molecule has 0 N–H and O–H groups in total. The lowest BCUT2D eigenvalue weighted by atomic mass is 10.1. The van der Waals surface area contributed by atoms with Gasteiger partial charge in [-0.3, -0.25) is 0 Å². The lowest BCUT2D eigenvalue weighted by Gasteiger charge is -2.24. The van der Waals surface area contributed by atoms with Gasteiger partial charge in [-0.1, -0.05) is 18.2 Å². The summed E-state index contributed by atoms with van der Waals surface area (Å²) in [6.07, 6.45) is -0.537. The van der Waals surface area contributed by atoms with Crippen molar-refractivity contribution >= 4 is 5.97 Å². The second kappa shape index (κ2) is 4.47. The quantitative estimate of drug-likeness (QED) is 0.588. The fourth-order valence-corrected chi connectivity index (χ4v) is 1.67. The first kappa shape index (κ1) is 12.1. The smallest absolute Gasteiger partial charge is 0.341 e. The van der Waals surface area contributed by atoms with Gasteiger partial charge >= 0.3 is 5.97 Å². The predicted molar refractivity (Wildman–Crippen MR) is 63.4 cm³/mol. The Balaban J connectivity index is 1.99. The molecule has 0 aromatic heterocycles. The number of benzene rings is 1. The van der Waals surface area contributed by atoms with Crippen molar-refractivity contribution < 1.29 is 18.8 Å². The maximum atomic E-state index is 11.5. The van der Waals surface area contributed by atoms with Gasteiger partial charge in [-0.15, -0.1) is 0 Å². The number of fused-ring (bicyclic) bond motifs is 1. The van der Waals surface area contributed by atoms with Crippen LogP contribution in [0.4, 0.5) is 0 Å². The summed E-state index contributed by atoms with van der Waals surface area (Å²) in [5, 5.41) is 0. The van der Waals surface area contributed by atoms with Crippen LogP contribution >= 0.6 is 0 Å². The summed E-state index contributed by atoms with van der Waals surface area (Å²) in [5.41, 5.74) is 1.45. The van der Waals surface area contributed by atoms with E-state index in [9.17, 15) is 4.79 Å². The summed E-state index contributed by atoms with van der Waals surface area (Å²) in [6, 6.07) is 7.35. The second-order valence-corrected chi connectivity index (χ2v) is 5.21. The van der Waals surface area contributed by atoms with Gasteiger partial charge in [0, 0.05) is 5.56 Å². The van der Waals surface area contributed by atoms with Crippen molar-refractivity contribution in [1.29, 1.82) is 0 Å². The zero-order valence-corrected chi connectivity index (χ0v) is 10.5. The molecule has 1 aliphatic heterocycles. The van der Waals surface area contributed by atoms with Crippen LogP contribution in [0.2, 0.25) is 0 Å². The summed E-state index contributed by atoms with van der Waals surface area (Å²) in [5.74, 6) is -0.296. The molecule has 0 fully saturated rings. The van der Waals surface area contributed by atoms with Crippen LogP contribution in [0.5, 0.6) is 0 Å². The summed E-state index contributed by atoms with van der Waals surface area (Å²) in [7, 11) is 6.29. The maximum absolute atomic E-state index is 11.5. The number of hydrogen-bond acceptors (Lipinski definition) is 3. The summed E-state index contributed by atoms with van der Waals surface area (Å²) < 4.78 is 11.6. The molecule has 17 heavy (non-hydrogen) atoms. The van der Waals surface area contributed by atoms with E-state index in [0.29, 0.717) is 12.2 Å². The Labute approximate surface area is 101 Å². The molecular weight excluding hydrogens is 218 g/mol. The number of carbonyl (C=O) groups is 1. The average molecular weight is 236 g/mol. The van der Waals surface area contributed by atoms with Gasteiger partial charge in [0.15, 0.2) is 0 Å². The van der Waals surface area contributed by atoms with Crippen LogP contribution in [0.15, 0.2) is 24.3 Å². The zero-order chi connectivity index (χ0) is 12.5. The minimum Gasteiger partial charge on any atom is -0.428 e. The average Bonchev–Trinajstić information content (AvgIpc) is 2.55. The number of quaternary nitrogens is 1. The van der Waals surface area contributed by atoms with Gasteiger partial charge < -0.3 is 14.0 Å². The van der Waals surface area contributed by atoms with Crippen molar-refractivity contribution in [3.63, 3.8) is 0 Å². The van der Waals surface area contributed by atoms with Gasteiger partial charge in [0.1, 0.15) is 13.2 Å².